The number of nitrogens with zero attached hydrogens (tertiary/aromatic N) is 2. The molecule has 0 bridgehead atoms. The van der Waals surface area contributed by atoms with Gasteiger partial charge in [0.05, 0.1) is 12.1 Å². The number of hydrogen-bond donors (Lipinski definition) is 0. The van der Waals surface area contributed by atoms with Crippen LogP contribution in [0.4, 0.5) is 11.4 Å². The average Bonchev–Trinajstić information content (AvgIpc) is 2.74. The summed E-state index contributed by atoms with van der Waals surface area (Å²) in [5.74, 6) is 0.0365. The number of carbonyl (C=O) groups is 2. The smallest absolute Gasteiger partial charge is 0.334 e. The molecule has 0 unspecified atom stereocenters. The van der Waals surface area contributed by atoms with Crippen LogP contribution >= 0.6 is 0 Å². The van der Waals surface area contributed by atoms with Crippen LogP contribution in [0, 0.1) is 6.92 Å². The van der Waals surface area contributed by atoms with Gasteiger partial charge in [-0.05, 0) is 36.8 Å². The van der Waals surface area contributed by atoms with E-state index in [2.05, 4.69) is 0 Å². The molecule has 0 saturated carbocycles. The van der Waals surface area contributed by atoms with Gasteiger partial charge in [0.2, 0.25) is 5.91 Å². The second-order valence-corrected chi connectivity index (χ2v) is 7.40. The van der Waals surface area contributed by atoms with Crippen molar-refractivity contribution in [1.82, 2.24) is 0 Å². The molecule has 1 amide bonds. The lowest BCUT2D eigenvalue weighted by Crippen LogP contribution is -2.60. The first-order valence-electron chi connectivity index (χ1n) is 9.66. The van der Waals surface area contributed by atoms with Crippen molar-refractivity contribution in [2.75, 3.05) is 9.80 Å². The molecular formula is C24H20N2O3. The Morgan fingerprint density at radius 1 is 0.862 bits per heavy atom. The highest BCUT2D eigenvalue weighted by Gasteiger charge is 2.48. The van der Waals surface area contributed by atoms with E-state index in [4.69, 9.17) is 4.74 Å². The summed E-state index contributed by atoms with van der Waals surface area (Å²) in [5.41, 5.74) is 3.70. The van der Waals surface area contributed by atoms with Crippen molar-refractivity contribution in [2.45, 2.75) is 25.6 Å². The number of hydrogen-bond acceptors (Lipinski definition) is 4. The van der Waals surface area contributed by atoms with Gasteiger partial charge in [0.15, 0.2) is 5.75 Å². The van der Waals surface area contributed by atoms with Gasteiger partial charge in [0.1, 0.15) is 12.2 Å². The van der Waals surface area contributed by atoms with Gasteiger partial charge < -0.3 is 9.64 Å². The molecule has 5 nitrogen and oxygen atoms in total. The number of anilines is 2. The number of rotatable bonds is 2. The van der Waals surface area contributed by atoms with Gasteiger partial charge in [-0.25, -0.2) is 4.79 Å². The molecule has 2 atom stereocenters. The van der Waals surface area contributed by atoms with Crippen LogP contribution in [0.1, 0.15) is 23.7 Å². The fourth-order valence-electron chi connectivity index (χ4n) is 4.15. The number of ether oxygens (including phenoxy) is 1. The van der Waals surface area contributed by atoms with E-state index in [1.54, 1.807) is 11.0 Å². The first-order chi connectivity index (χ1) is 14.1. The highest BCUT2D eigenvalue weighted by atomic mass is 16.5. The summed E-state index contributed by atoms with van der Waals surface area (Å²) in [4.78, 5) is 29.8. The Bertz CT molecular complexity index is 1080. The van der Waals surface area contributed by atoms with Gasteiger partial charge in [-0.1, -0.05) is 60.2 Å². The first kappa shape index (κ1) is 17.5. The van der Waals surface area contributed by atoms with Crippen LogP contribution in [0.3, 0.4) is 0 Å². The van der Waals surface area contributed by atoms with Crippen molar-refractivity contribution in [1.29, 1.82) is 0 Å². The molecule has 5 rings (SSSR count). The van der Waals surface area contributed by atoms with Gasteiger partial charge in [-0.3, -0.25) is 9.69 Å². The standard InChI is InChI=1S/C24H20N2O3/c1-16-11-13-17(14-12-16)23-25(18-7-3-2-4-8-18)22(27)15-20-24(28)29-21-10-6-5-9-19(21)26(20)23/h2-14,20,23H,15H2,1H3/t20-,23+/m0/s1. The summed E-state index contributed by atoms with van der Waals surface area (Å²) in [6, 6.07) is 24.6. The summed E-state index contributed by atoms with van der Waals surface area (Å²) >= 11 is 0. The fraction of sp³-hybridized carbons (Fsp3) is 0.167. The molecule has 29 heavy (non-hydrogen) atoms. The number of amides is 1. The van der Waals surface area contributed by atoms with Crippen molar-refractivity contribution in [3.05, 3.63) is 90.0 Å². The predicted molar refractivity (Wildman–Crippen MR) is 111 cm³/mol. The van der Waals surface area contributed by atoms with Crippen LogP contribution in [0.5, 0.6) is 5.75 Å². The quantitative estimate of drug-likeness (QED) is 0.490. The number of aryl methyl sites for hydroxylation is 1. The predicted octanol–water partition coefficient (Wildman–Crippen LogP) is 4.22. The molecule has 3 aromatic rings. The van der Waals surface area contributed by atoms with E-state index in [0.717, 1.165) is 22.5 Å². The van der Waals surface area contributed by atoms with Crippen molar-refractivity contribution in [2.24, 2.45) is 0 Å². The molecule has 144 valence electrons. The molecule has 3 aromatic carbocycles. The zero-order valence-electron chi connectivity index (χ0n) is 16.0. The van der Waals surface area contributed by atoms with Crippen LogP contribution in [-0.4, -0.2) is 17.9 Å². The van der Waals surface area contributed by atoms with Crippen molar-refractivity contribution in [3.63, 3.8) is 0 Å². The summed E-state index contributed by atoms with van der Waals surface area (Å²) in [5, 5.41) is 0. The maximum atomic E-state index is 13.2. The molecule has 1 fully saturated rings. The summed E-state index contributed by atoms with van der Waals surface area (Å²) in [6.45, 7) is 2.03. The molecule has 2 aliphatic heterocycles. The molecule has 2 aliphatic rings. The maximum absolute atomic E-state index is 13.2. The number of para-hydroxylation sites is 3. The number of carbonyl (C=O) groups excluding carboxylic acids is 2. The zero-order valence-corrected chi connectivity index (χ0v) is 16.0. The Morgan fingerprint density at radius 3 is 2.31 bits per heavy atom. The molecule has 0 aliphatic carbocycles. The number of benzene rings is 3. The van der Waals surface area contributed by atoms with Crippen LogP contribution in [0.25, 0.3) is 0 Å². The minimum Gasteiger partial charge on any atom is -0.423 e. The Hall–Kier alpha value is -3.60. The number of esters is 1. The summed E-state index contributed by atoms with van der Waals surface area (Å²) < 4.78 is 5.54. The highest BCUT2D eigenvalue weighted by Crippen LogP contribution is 2.45. The fourth-order valence-corrected chi connectivity index (χ4v) is 4.15. The highest BCUT2D eigenvalue weighted by molar-refractivity contribution is 6.02. The van der Waals surface area contributed by atoms with E-state index in [0.29, 0.717) is 5.75 Å². The van der Waals surface area contributed by atoms with Crippen LogP contribution < -0.4 is 14.5 Å². The Labute approximate surface area is 169 Å². The molecule has 0 N–H and O–H groups in total. The summed E-state index contributed by atoms with van der Waals surface area (Å²) in [6.07, 6.45) is -0.372. The molecule has 5 heteroatoms. The van der Waals surface area contributed by atoms with E-state index < -0.39 is 12.2 Å². The van der Waals surface area contributed by atoms with Crippen LogP contribution in [0.15, 0.2) is 78.9 Å². The largest absolute Gasteiger partial charge is 0.423 e. The van der Waals surface area contributed by atoms with Gasteiger partial charge in [-0.2, -0.15) is 0 Å². The van der Waals surface area contributed by atoms with E-state index in [9.17, 15) is 9.59 Å². The first-order valence-corrected chi connectivity index (χ1v) is 9.66. The second-order valence-electron chi connectivity index (χ2n) is 7.40. The average molecular weight is 384 g/mol. The molecule has 1 saturated heterocycles. The van der Waals surface area contributed by atoms with Gasteiger partial charge in [0.25, 0.3) is 0 Å². The van der Waals surface area contributed by atoms with Gasteiger partial charge in [0, 0.05) is 5.69 Å². The van der Waals surface area contributed by atoms with Crippen molar-refractivity contribution in [3.8, 4) is 5.75 Å². The third-order valence-corrected chi connectivity index (χ3v) is 5.52. The van der Waals surface area contributed by atoms with Crippen molar-refractivity contribution < 1.29 is 14.3 Å². The molecule has 0 spiro atoms. The van der Waals surface area contributed by atoms with Crippen LogP contribution in [0.2, 0.25) is 0 Å². The summed E-state index contributed by atoms with van der Waals surface area (Å²) in [7, 11) is 0. The SMILES string of the molecule is Cc1ccc([C@@H]2N(c3ccccc3)C(=O)C[C@H]3C(=O)Oc4ccccc4N23)cc1. The topological polar surface area (TPSA) is 49.9 Å². The minimum absolute atomic E-state index is 0.0738. The van der Waals surface area contributed by atoms with Crippen molar-refractivity contribution >= 4 is 23.3 Å². The Balaban J connectivity index is 1.73. The molecule has 2 heterocycles. The lowest BCUT2D eigenvalue weighted by molar-refractivity contribution is -0.140. The van der Waals surface area contributed by atoms with E-state index in [1.807, 2.05) is 84.6 Å². The van der Waals surface area contributed by atoms with Crippen LogP contribution in [-0.2, 0) is 9.59 Å². The van der Waals surface area contributed by atoms with Gasteiger partial charge in [-0.15, -0.1) is 0 Å². The molecular weight excluding hydrogens is 364 g/mol. The molecule has 0 aromatic heterocycles. The van der Waals surface area contributed by atoms with E-state index in [1.165, 1.54) is 0 Å². The maximum Gasteiger partial charge on any atom is 0.334 e. The zero-order chi connectivity index (χ0) is 20.0. The Kier molecular flexibility index (Phi) is 4.09. The van der Waals surface area contributed by atoms with E-state index >= 15 is 0 Å². The Morgan fingerprint density at radius 2 is 1.55 bits per heavy atom. The molecule has 0 radical (unpaired) electrons. The third-order valence-electron chi connectivity index (χ3n) is 5.52. The number of fused-ring (bicyclic) bond motifs is 3. The third kappa shape index (κ3) is 2.86. The monoisotopic (exact) mass is 384 g/mol. The van der Waals surface area contributed by atoms with Gasteiger partial charge >= 0.3 is 5.97 Å². The lowest BCUT2D eigenvalue weighted by Gasteiger charge is -2.50. The minimum atomic E-state index is -0.649. The second kappa shape index (κ2) is 6.78. The normalized spacial score (nSPS) is 20.7. The van der Waals surface area contributed by atoms with E-state index in [-0.39, 0.29) is 18.3 Å². The lowest BCUT2D eigenvalue weighted by atomic mass is 9.96.